The Bertz CT molecular complexity index is 460. The smallest absolute Gasteiger partial charge is 0.407 e. The highest BCUT2D eigenvalue weighted by atomic mass is 16.6. The number of carbonyl (C=O) groups is 1. The van der Waals surface area contributed by atoms with Gasteiger partial charge in [0.2, 0.25) is 0 Å². The molecule has 0 aliphatic heterocycles. The minimum Gasteiger partial charge on any atom is -0.444 e. The van der Waals surface area contributed by atoms with Crippen LogP contribution in [0.25, 0.3) is 0 Å². The van der Waals surface area contributed by atoms with E-state index >= 15 is 0 Å². The Balaban J connectivity index is 2.46. The zero-order valence-corrected chi connectivity index (χ0v) is 14.9. The van der Waals surface area contributed by atoms with Crippen molar-refractivity contribution in [3.63, 3.8) is 0 Å². The van der Waals surface area contributed by atoms with Gasteiger partial charge in [-0.25, -0.2) is 4.79 Å². The van der Waals surface area contributed by atoms with Gasteiger partial charge in [0.25, 0.3) is 0 Å². The second-order valence-corrected chi connectivity index (χ2v) is 6.56. The van der Waals surface area contributed by atoms with E-state index in [4.69, 9.17) is 14.6 Å². The molecule has 6 nitrogen and oxygen atoms in total. The Morgan fingerprint density at radius 2 is 1.92 bits per heavy atom. The van der Waals surface area contributed by atoms with Crippen LogP contribution in [0.4, 0.5) is 4.79 Å². The van der Waals surface area contributed by atoms with Gasteiger partial charge in [0.1, 0.15) is 5.60 Å². The van der Waals surface area contributed by atoms with Gasteiger partial charge in [-0.05, 0) is 32.8 Å². The number of carbonyl (C=O) groups excluding carboxylic acids is 1. The largest absolute Gasteiger partial charge is 0.444 e. The van der Waals surface area contributed by atoms with E-state index in [9.17, 15) is 4.79 Å². The molecule has 0 saturated heterocycles. The molecule has 0 heterocycles. The highest BCUT2D eigenvalue weighted by molar-refractivity contribution is 5.67. The first-order chi connectivity index (χ1) is 11.4. The number of benzene rings is 1. The van der Waals surface area contributed by atoms with Crippen molar-refractivity contribution in [2.45, 2.75) is 38.8 Å². The molecule has 0 aliphatic rings. The zero-order valence-electron chi connectivity index (χ0n) is 14.9. The highest BCUT2D eigenvalue weighted by Gasteiger charge is 2.17. The molecule has 1 amide bonds. The molecule has 1 aromatic carbocycles. The summed E-state index contributed by atoms with van der Waals surface area (Å²) >= 11 is 0. The van der Waals surface area contributed by atoms with E-state index in [0.717, 1.165) is 6.42 Å². The number of ether oxygens (including phenoxy) is 2. The second kappa shape index (κ2) is 11.0. The summed E-state index contributed by atoms with van der Waals surface area (Å²) in [6, 6.07) is 10.2. The lowest BCUT2D eigenvalue weighted by molar-refractivity contribution is 0.0520. The second-order valence-electron chi connectivity index (χ2n) is 6.56. The van der Waals surface area contributed by atoms with Gasteiger partial charge in [-0.1, -0.05) is 30.3 Å². The van der Waals surface area contributed by atoms with Crippen LogP contribution in [0, 0.1) is 0 Å². The predicted octanol–water partition coefficient (Wildman–Crippen LogP) is 1.72. The van der Waals surface area contributed by atoms with Crippen molar-refractivity contribution in [3.05, 3.63) is 35.9 Å². The predicted molar refractivity (Wildman–Crippen MR) is 94.1 cm³/mol. The summed E-state index contributed by atoms with van der Waals surface area (Å²) in [7, 11) is 0. The third kappa shape index (κ3) is 10.2. The Morgan fingerprint density at radius 3 is 2.54 bits per heavy atom. The lowest BCUT2D eigenvalue weighted by atomic mass is 10.1. The lowest BCUT2D eigenvalue weighted by Gasteiger charge is -2.23. The summed E-state index contributed by atoms with van der Waals surface area (Å²) < 4.78 is 10.5. The van der Waals surface area contributed by atoms with E-state index in [-0.39, 0.29) is 12.6 Å². The van der Waals surface area contributed by atoms with Crippen molar-refractivity contribution < 1.29 is 19.4 Å². The highest BCUT2D eigenvalue weighted by Crippen LogP contribution is 2.07. The fourth-order valence-electron chi connectivity index (χ4n) is 2.14. The molecule has 0 aromatic heterocycles. The Hall–Kier alpha value is -1.63. The summed E-state index contributed by atoms with van der Waals surface area (Å²) in [5, 5.41) is 14.9. The molecule has 0 fully saturated rings. The minimum atomic E-state index is -0.509. The summed E-state index contributed by atoms with van der Waals surface area (Å²) in [6.07, 6.45) is 0.371. The number of aliphatic hydroxyl groups is 1. The first-order valence-corrected chi connectivity index (χ1v) is 8.33. The van der Waals surface area contributed by atoms with Gasteiger partial charge in [0.15, 0.2) is 0 Å². The van der Waals surface area contributed by atoms with E-state index in [1.165, 1.54) is 5.56 Å². The topological polar surface area (TPSA) is 79.8 Å². The van der Waals surface area contributed by atoms with Gasteiger partial charge < -0.3 is 25.2 Å². The quantitative estimate of drug-likeness (QED) is 0.566. The molecule has 0 spiro atoms. The Labute approximate surface area is 144 Å². The molecule has 0 bridgehead atoms. The van der Waals surface area contributed by atoms with E-state index in [2.05, 4.69) is 22.8 Å². The summed E-state index contributed by atoms with van der Waals surface area (Å²) in [4.78, 5) is 11.8. The molecular formula is C18H30N2O4. The average Bonchev–Trinajstić information content (AvgIpc) is 2.51. The number of hydrogen-bond acceptors (Lipinski definition) is 5. The van der Waals surface area contributed by atoms with E-state index in [0.29, 0.717) is 26.3 Å². The molecular weight excluding hydrogens is 308 g/mol. The van der Waals surface area contributed by atoms with Gasteiger partial charge in [-0.15, -0.1) is 0 Å². The van der Waals surface area contributed by atoms with Gasteiger partial charge in [0, 0.05) is 19.1 Å². The fraction of sp³-hybridized carbons (Fsp3) is 0.611. The molecule has 0 aliphatic carbocycles. The van der Waals surface area contributed by atoms with Crippen LogP contribution in [0.5, 0.6) is 0 Å². The average molecular weight is 338 g/mol. The molecule has 0 radical (unpaired) electrons. The van der Waals surface area contributed by atoms with E-state index in [1.54, 1.807) is 0 Å². The monoisotopic (exact) mass is 338 g/mol. The van der Waals surface area contributed by atoms with Crippen LogP contribution in [-0.2, 0) is 15.9 Å². The molecule has 3 N–H and O–H groups in total. The van der Waals surface area contributed by atoms with E-state index < -0.39 is 11.7 Å². The number of hydrogen-bond donors (Lipinski definition) is 3. The molecule has 1 atom stereocenters. The summed E-state index contributed by atoms with van der Waals surface area (Å²) in [6.45, 7) is 7.49. The number of rotatable bonds is 10. The molecule has 24 heavy (non-hydrogen) atoms. The van der Waals surface area contributed by atoms with Crippen molar-refractivity contribution in [3.8, 4) is 0 Å². The van der Waals surface area contributed by atoms with Crippen LogP contribution in [0.2, 0.25) is 0 Å². The van der Waals surface area contributed by atoms with Crippen LogP contribution in [0.1, 0.15) is 26.3 Å². The summed E-state index contributed by atoms with van der Waals surface area (Å²) in [5.74, 6) is 0. The maximum absolute atomic E-state index is 11.8. The van der Waals surface area contributed by atoms with Crippen LogP contribution in [0.3, 0.4) is 0 Å². The van der Waals surface area contributed by atoms with Crippen LogP contribution >= 0.6 is 0 Å². The standard InChI is InChI=1S/C18H30N2O4/c1-18(2,3)24-17(22)20-14-16(19-9-11-23-12-10-21)13-15-7-5-4-6-8-15/h4-8,16,19,21H,9-14H2,1-3H3,(H,20,22). The lowest BCUT2D eigenvalue weighted by Crippen LogP contribution is -2.44. The maximum Gasteiger partial charge on any atom is 0.407 e. The minimum absolute atomic E-state index is 0.0215. The molecule has 1 aromatic rings. The number of nitrogens with one attached hydrogen (secondary N) is 2. The third-order valence-corrected chi connectivity index (χ3v) is 3.13. The Kier molecular flexibility index (Phi) is 9.37. The summed E-state index contributed by atoms with van der Waals surface area (Å²) in [5.41, 5.74) is 0.683. The maximum atomic E-state index is 11.8. The first kappa shape index (κ1) is 20.4. The molecule has 0 saturated carbocycles. The van der Waals surface area contributed by atoms with Crippen molar-refractivity contribution in [2.75, 3.05) is 32.9 Å². The van der Waals surface area contributed by atoms with Crippen LogP contribution in [-0.4, -0.2) is 55.8 Å². The number of amides is 1. The normalized spacial score (nSPS) is 12.7. The molecule has 1 rings (SSSR count). The SMILES string of the molecule is CC(C)(C)OC(=O)NCC(Cc1ccccc1)NCCOCCO. The number of alkyl carbamates (subject to hydrolysis) is 1. The fourth-order valence-corrected chi connectivity index (χ4v) is 2.14. The first-order valence-electron chi connectivity index (χ1n) is 8.33. The zero-order chi connectivity index (χ0) is 17.8. The van der Waals surface area contributed by atoms with Crippen molar-refractivity contribution in [1.29, 1.82) is 0 Å². The van der Waals surface area contributed by atoms with Crippen molar-refractivity contribution >= 4 is 6.09 Å². The molecule has 1 unspecified atom stereocenters. The Morgan fingerprint density at radius 1 is 1.21 bits per heavy atom. The van der Waals surface area contributed by atoms with Gasteiger partial charge in [0.05, 0.1) is 19.8 Å². The van der Waals surface area contributed by atoms with Crippen LogP contribution < -0.4 is 10.6 Å². The number of aliphatic hydroxyl groups excluding tert-OH is 1. The molecule has 6 heteroatoms. The van der Waals surface area contributed by atoms with E-state index in [1.807, 2.05) is 39.0 Å². The van der Waals surface area contributed by atoms with Crippen LogP contribution in [0.15, 0.2) is 30.3 Å². The van der Waals surface area contributed by atoms with Gasteiger partial charge in [-0.3, -0.25) is 0 Å². The van der Waals surface area contributed by atoms with Crippen molar-refractivity contribution in [2.24, 2.45) is 0 Å². The molecule has 136 valence electrons. The van der Waals surface area contributed by atoms with Crippen molar-refractivity contribution in [1.82, 2.24) is 10.6 Å². The van der Waals surface area contributed by atoms with Gasteiger partial charge >= 0.3 is 6.09 Å². The third-order valence-electron chi connectivity index (χ3n) is 3.13. The van der Waals surface area contributed by atoms with Gasteiger partial charge in [-0.2, -0.15) is 0 Å².